The lowest BCUT2D eigenvalue weighted by atomic mass is 9.89. The third-order valence-electron chi connectivity index (χ3n) is 3.84. The quantitative estimate of drug-likeness (QED) is 0.846. The maximum atomic E-state index is 13.0. The Bertz CT molecular complexity index is 416. The summed E-state index contributed by atoms with van der Waals surface area (Å²) in [5.74, 6) is -0.421. The SMILES string of the molecule is CCC(CC)(CC)NC(=O)c1ccc(F)cc1C. The summed E-state index contributed by atoms with van der Waals surface area (Å²) in [6.07, 6.45) is 2.68. The molecule has 2 nitrogen and oxygen atoms in total. The lowest BCUT2D eigenvalue weighted by Crippen LogP contribution is -2.47. The molecule has 0 aliphatic rings. The van der Waals surface area contributed by atoms with Crippen molar-refractivity contribution in [2.75, 3.05) is 0 Å². The molecule has 0 heterocycles. The molecular weight excluding hydrogens is 229 g/mol. The topological polar surface area (TPSA) is 29.1 Å². The van der Waals surface area contributed by atoms with E-state index in [1.54, 1.807) is 13.0 Å². The Balaban J connectivity index is 2.94. The van der Waals surface area contributed by atoms with Crippen molar-refractivity contribution >= 4 is 5.91 Å². The van der Waals surface area contributed by atoms with E-state index in [1.165, 1.54) is 12.1 Å². The van der Waals surface area contributed by atoms with Gasteiger partial charge in [0.05, 0.1) is 0 Å². The monoisotopic (exact) mass is 251 g/mol. The van der Waals surface area contributed by atoms with Crippen LogP contribution < -0.4 is 5.32 Å². The molecule has 1 N–H and O–H groups in total. The van der Waals surface area contributed by atoms with Crippen molar-refractivity contribution in [2.45, 2.75) is 52.5 Å². The van der Waals surface area contributed by atoms with Crippen LogP contribution in [0.4, 0.5) is 4.39 Å². The highest BCUT2D eigenvalue weighted by Gasteiger charge is 2.26. The number of nitrogens with one attached hydrogen (secondary N) is 1. The second kappa shape index (κ2) is 5.98. The zero-order valence-corrected chi connectivity index (χ0v) is 11.6. The number of hydrogen-bond donors (Lipinski definition) is 1. The molecule has 0 atom stereocenters. The van der Waals surface area contributed by atoms with Crippen LogP contribution in [0.2, 0.25) is 0 Å². The predicted molar refractivity (Wildman–Crippen MR) is 72.2 cm³/mol. The van der Waals surface area contributed by atoms with Crippen molar-refractivity contribution < 1.29 is 9.18 Å². The molecule has 18 heavy (non-hydrogen) atoms. The van der Waals surface area contributed by atoms with Crippen molar-refractivity contribution in [3.8, 4) is 0 Å². The largest absolute Gasteiger partial charge is 0.347 e. The van der Waals surface area contributed by atoms with Crippen molar-refractivity contribution in [2.24, 2.45) is 0 Å². The van der Waals surface area contributed by atoms with Gasteiger partial charge >= 0.3 is 0 Å². The summed E-state index contributed by atoms with van der Waals surface area (Å²) in [5, 5.41) is 3.09. The smallest absolute Gasteiger partial charge is 0.251 e. The van der Waals surface area contributed by atoms with E-state index in [2.05, 4.69) is 26.1 Å². The first-order valence-electron chi connectivity index (χ1n) is 6.56. The fourth-order valence-corrected chi connectivity index (χ4v) is 2.21. The highest BCUT2D eigenvalue weighted by atomic mass is 19.1. The maximum absolute atomic E-state index is 13.0. The van der Waals surface area contributed by atoms with Gasteiger partial charge in [-0.05, 0) is 49.9 Å². The minimum Gasteiger partial charge on any atom is -0.347 e. The van der Waals surface area contributed by atoms with Crippen LogP contribution in [-0.4, -0.2) is 11.4 Å². The summed E-state index contributed by atoms with van der Waals surface area (Å²) in [6.45, 7) is 7.98. The molecule has 0 radical (unpaired) electrons. The number of hydrogen-bond acceptors (Lipinski definition) is 1. The number of carbonyl (C=O) groups excluding carboxylic acids is 1. The average molecular weight is 251 g/mol. The summed E-state index contributed by atoms with van der Waals surface area (Å²) < 4.78 is 13.0. The standard InChI is InChI=1S/C15H22FNO/c1-5-15(6-2,7-3)17-14(18)13-9-8-12(16)10-11(13)4/h8-10H,5-7H2,1-4H3,(H,17,18). The molecule has 0 aliphatic carbocycles. The van der Waals surface area contributed by atoms with Crippen LogP contribution in [0.3, 0.4) is 0 Å². The normalized spacial score (nSPS) is 11.4. The van der Waals surface area contributed by atoms with Gasteiger partial charge in [-0.1, -0.05) is 20.8 Å². The molecule has 0 saturated heterocycles. The fraction of sp³-hybridized carbons (Fsp3) is 0.533. The molecule has 1 aromatic rings. The van der Waals surface area contributed by atoms with Crippen molar-refractivity contribution in [1.82, 2.24) is 5.32 Å². The minimum absolute atomic E-state index is 0.113. The minimum atomic E-state index is -0.309. The Kier molecular flexibility index (Phi) is 4.88. The number of benzene rings is 1. The van der Waals surface area contributed by atoms with E-state index in [9.17, 15) is 9.18 Å². The zero-order chi connectivity index (χ0) is 13.8. The Morgan fingerprint density at radius 2 is 1.78 bits per heavy atom. The van der Waals surface area contributed by atoms with Gasteiger partial charge < -0.3 is 5.32 Å². The van der Waals surface area contributed by atoms with Crippen LogP contribution >= 0.6 is 0 Å². The number of rotatable bonds is 5. The Morgan fingerprint density at radius 1 is 1.22 bits per heavy atom. The molecule has 0 aromatic heterocycles. The first kappa shape index (κ1) is 14.7. The molecule has 1 aromatic carbocycles. The first-order valence-corrected chi connectivity index (χ1v) is 6.56. The molecule has 1 rings (SSSR count). The van der Waals surface area contributed by atoms with Gasteiger partial charge in [0.1, 0.15) is 5.82 Å². The molecule has 0 spiro atoms. The Labute approximate surface area is 109 Å². The highest BCUT2D eigenvalue weighted by Crippen LogP contribution is 2.21. The van der Waals surface area contributed by atoms with E-state index in [-0.39, 0.29) is 17.3 Å². The lowest BCUT2D eigenvalue weighted by molar-refractivity contribution is 0.0887. The van der Waals surface area contributed by atoms with Gasteiger partial charge in [-0.2, -0.15) is 0 Å². The maximum Gasteiger partial charge on any atom is 0.251 e. The van der Waals surface area contributed by atoms with E-state index in [0.717, 1.165) is 19.3 Å². The molecule has 0 fully saturated rings. The molecule has 1 amide bonds. The Morgan fingerprint density at radius 3 is 2.22 bits per heavy atom. The van der Waals surface area contributed by atoms with Gasteiger partial charge in [0.2, 0.25) is 0 Å². The summed E-state index contributed by atoms with van der Waals surface area (Å²) in [4.78, 5) is 12.2. The second-order valence-corrected chi connectivity index (χ2v) is 4.75. The number of aryl methyl sites for hydroxylation is 1. The molecular formula is C15H22FNO. The van der Waals surface area contributed by atoms with Crippen LogP contribution in [0, 0.1) is 12.7 Å². The Hall–Kier alpha value is -1.38. The summed E-state index contributed by atoms with van der Waals surface area (Å²) in [6, 6.07) is 4.26. The van der Waals surface area contributed by atoms with Gasteiger partial charge in [-0.3, -0.25) is 4.79 Å². The van der Waals surface area contributed by atoms with Crippen molar-refractivity contribution in [3.63, 3.8) is 0 Å². The van der Waals surface area contributed by atoms with Crippen LogP contribution in [0.15, 0.2) is 18.2 Å². The van der Waals surface area contributed by atoms with Crippen LogP contribution in [0.25, 0.3) is 0 Å². The van der Waals surface area contributed by atoms with Crippen molar-refractivity contribution in [1.29, 1.82) is 0 Å². The van der Waals surface area contributed by atoms with E-state index >= 15 is 0 Å². The number of halogens is 1. The predicted octanol–water partition coefficient (Wildman–Crippen LogP) is 3.83. The first-order chi connectivity index (χ1) is 8.48. The highest BCUT2D eigenvalue weighted by molar-refractivity contribution is 5.96. The summed E-state index contributed by atoms with van der Waals surface area (Å²) >= 11 is 0. The average Bonchev–Trinajstić information content (AvgIpc) is 2.36. The van der Waals surface area contributed by atoms with E-state index in [4.69, 9.17) is 0 Å². The molecule has 0 aliphatic heterocycles. The number of carbonyl (C=O) groups is 1. The zero-order valence-electron chi connectivity index (χ0n) is 11.6. The van der Waals surface area contributed by atoms with Crippen LogP contribution in [0.5, 0.6) is 0 Å². The van der Waals surface area contributed by atoms with Gasteiger partial charge in [0.15, 0.2) is 0 Å². The third-order valence-corrected chi connectivity index (χ3v) is 3.84. The van der Waals surface area contributed by atoms with Gasteiger partial charge in [0, 0.05) is 11.1 Å². The number of amides is 1. The molecule has 0 bridgehead atoms. The van der Waals surface area contributed by atoms with Crippen LogP contribution in [-0.2, 0) is 0 Å². The fourth-order valence-electron chi connectivity index (χ4n) is 2.21. The molecule has 100 valence electrons. The second-order valence-electron chi connectivity index (χ2n) is 4.75. The van der Waals surface area contributed by atoms with Gasteiger partial charge in [-0.15, -0.1) is 0 Å². The molecule has 3 heteroatoms. The van der Waals surface area contributed by atoms with E-state index in [1.807, 2.05) is 0 Å². The summed E-state index contributed by atoms with van der Waals surface area (Å²) in [7, 11) is 0. The van der Waals surface area contributed by atoms with Gasteiger partial charge in [-0.25, -0.2) is 4.39 Å². The third kappa shape index (κ3) is 3.09. The van der Waals surface area contributed by atoms with Crippen molar-refractivity contribution in [3.05, 3.63) is 35.1 Å². The van der Waals surface area contributed by atoms with Crippen LogP contribution in [0.1, 0.15) is 56.0 Å². The van der Waals surface area contributed by atoms with E-state index < -0.39 is 0 Å². The molecule has 0 saturated carbocycles. The van der Waals surface area contributed by atoms with E-state index in [0.29, 0.717) is 11.1 Å². The summed E-state index contributed by atoms with van der Waals surface area (Å²) in [5.41, 5.74) is 1.07. The lowest BCUT2D eigenvalue weighted by Gasteiger charge is -2.32. The molecule has 0 unspecified atom stereocenters. The van der Waals surface area contributed by atoms with Gasteiger partial charge in [0.25, 0.3) is 5.91 Å².